The first-order valence-electron chi connectivity index (χ1n) is 7.31. The van der Waals surface area contributed by atoms with Gasteiger partial charge in [-0.3, -0.25) is 4.68 Å². The van der Waals surface area contributed by atoms with Crippen LogP contribution in [-0.4, -0.2) is 27.4 Å². The minimum absolute atomic E-state index is 0.420. The Morgan fingerprint density at radius 2 is 2.24 bits per heavy atom. The lowest BCUT2D eigenvalue weighted by atomic mass is 10.2. The molecule has 108 valence electrons. The zero-order valence-corrected chi connectivity index (χ0v) is 12.5. The van der Waals surface area contributed by atoms with Crippen LogP contribution in [0.15, 0.2) is 24.4 Å². The summed E-state index contributed by atoms with van der Waals surface area (Å²) in [6.07, 6.45) is 3.97. The minimum atomic E-state index is 0.420. The number of hydrogen-bond donors (Lipinski definition) is 0. The molecular weight excluding hydrogens is 262 g/mol. The molecule has 3 rings (SSSR count). The van der Waals surface area contributed by atoms with Gasteiger partial charge in [-0.15, -0.1) is 0 Å². The first-order chi connectivity index (χ1) is 10.2. The van der Waals surface area contributed by atoms with Gasteiger partial charge in [0.05, 0.1) is 23.8 Å². The molecular formula is C16H19N5. The molecule has 1 saturated heterocycles. The van der Waals surface area contributed by atoms with Crippen molar-refractivity contribution in [3.63, 3.8) is 0 Å². The van der Waals surface area contributed by atoms with E-state index in [4.69, 9.17) is 5.26 Å². The van der Waals surface area contributed by atoms with Crippen LogP contribution < -0.4 is 4.90 Å². The number of nitriles is 1. The standard InChI is InChI=1S/C16H19N5/c1-12-8-13(2)21(19-12)11-15-4-3-7-20(15)16-6-5-14(9-17)10-18-16/h5-6,8,10,15H,3-4,7,11H2,1-2H3. The second-order valence-corrected chi connectivity index (χ2v) is 5.62. The quantitative estimate of drug-likeness (QED) is 0.867. The number of nitrogens with zero attached hydrogens (tertiary/aromatic N) is 5. The molecule has 0 amide bonds. The molecule has 1 fully saturated rings. The number of rotatable bonds is 3. The van der Waals surface area contributed by atoms with Crippen LogP contribution in [0, 0.1) is 25.2 Å². The molecule has 1 aliphatic rings. The van der Waals surface area contributed by atoms with Crippen LogP contribution in [0.4, 0.5) is 5.82 Å². The van der Waals surface area contributed by atoms with Crippen LogP contribution >= 0.6 is 0 Å². The van der Waals surface area contributed by atoms with Gasteiger partial charge in [0.25, 0.3) is 0 Å². The van der Waals surface area contributed by atoms with Crippen molar-refractivity contribution in [1.29, 1.82) is 5.26 Å². The second kappa shape index (κ2) is 5.57. The topological polar surface area (TPSA) is 57.7 Å². The van der Waals surface area contributed by atoms with E-state index in [-0.39, 0.29) is 0 Å². The fourth-order valence-corrected chi connectivity index (χ4v) is 3.01. The normalized spacial score (nSPS) is 18.0. The van der Waals surface area contributed by atoms with Gasteiger partial charge in [-0.05, 0) is 44.9 Å². The summed E-state index contributed by atoms with van der Waals surface area (Å²) in [5.41, 5.74) is 2.87. The molecule has 0 saturated carbocycles. The summed E-state index contributed by atoms with van der Waals surface area (Å²) in [6.45, 7) is 6.03. The molecule has 2 aromatic rings. The Hall–Kier alpha value is -2.35. The molecule has 0 bridgehead atoms. The maximum Gasteiger partial charge on any atom is 0.128 e. The predicted molar refractivity (Wildman–Crippen MR) is 81.0 cm³/mol. The van der Waals surface area contributed by atoms with Crippen LogP contribution in [-0.2, 0) is 6.54 Å². The zero-order valence-electron chi connectivity index (χ0n) is 12.5. The van der Waals surface area contributed by atoms with Gasteiger partial charge in [0.1, 0.15) is 11.9 Å². The van der Waals surface area contributed by atoms with E-state index in [0.717, 1.165) is 31.0 Å². The lowest BCUT2D eigenvalue weighted by Crippen LogP contribution is -2.34. The largest absolute Gasteiger partial charge is 0.352 e. The summed E-state index contributed by atoms with van der Waals surface area (Å²) in [7, 11) is 0. The molecule has 1 atom stereocenters. The van der Waals surface area contributed by atoms with Gasteiger partial charge >= 0.3 is 0 Å². The zero-order chi connectivity index (χ0) is 14.8. The van der Waals surface area contributed by atoms with Crippen molar-refractivity contribution in [3.8, 4) is 6.07 Å². The minimum Gasteiger partial charge on any atom is -0.352 e. The lowest BCUT2D eigenvalue weighted by Gasteiger charge is -2.26. The summed E-state index contributed by atoms with van der Waals surface area (Å²) >= 11 is 0. The average molecular weight is 281 g/mol. The molecule has 5 nitrogen and oxygen atoms in total. The van der Waals surface area contributed by atoms with E-state index in [2.05, 4.69) is 38.7 Å². The Labute approximate surface area is 124 Å². The highest BCUT2D eigenvalue weighted by Crippen LogP contribution is 2.25. The van der Waals surface area contributed by atoms with Gasteiger partial charge in [0, 0.05) is 18.4 Å². The Kier molecular flexibility index (Phi) is 3.61. The van der Waals surface area contributed by atoms with E-state index < -0.39 is 0 Å². The fraction of sp³-hybridized carbons (Fsp3) is 0.438. The third kappa shape index (κ3) is 2.75. The second-order valence-electron chi connectivity index (χ2n) is 5.62. The molecule has 0 radical (unpaired) electrons. The van der Waals surface area contributed by atoms with E-state index >= 15 is 0 Å². The van der Waals surface area contributed by atoms with E-state index in [1.807, 2.05) is 19.1 Å². The summed E-state index contributed by atoms with van der Waals surface area (Å²) < 4.78 is 2.09. The number of pyridine rings is 1. The number of anilines is 1. The van der Waals surface area contributed by atoms with Gasteiger partial charge in [-0.1, -0.05) is 0 Å². The lowest BCUT2D eigenvalue weighted by molar-refractivity contribution is 0.496. The summed E-state index contributed by atoms with van der Waals surface area (Å²) in [5.74, 6) is 0.957. The fourth-order valence-electron chi connectivity index (χ4n) is 3.01. The summed E-state index contributed by atoms with van der Waals surface area (Å²) in [4.78, 5) is 6.76. The molecule has 0 spiro atoms. The molecule has 3 heterocycles. The summed E-state index contributed by atoms with van der Waals surface area (Å²) in [6, 6.07) is 8.42. The van der Waals surface area contributed by atoms with Crippen LogP contribution in [0.2, 0.25) is 0 Å². The van der Waals surface area contributed by atoms with Crippen molar-refractivity contribution in [2.24, 2.45) is 0 Å². The van der Waals surface area contributed by atoms with E-state index in [0.29, 0.717) is 11.6 Å². The molecule has 0 aliphatic carbocycles. The highest BCUT2D eigenvalue weighted by molar-refractivity contribution is 5.43. The first-order valence-corrected chi connectivity index (χ1v) is 7.31. The maximum atomic E-state index is 8.86. The Morgan fingerprint density at radius 3 is 2.86 bits per heavy atom. The van der Waals surface area contributed by atoms with Crippen molar-refractivity contribution in [2.75, 3.05) is 11.4 Å². The number of aryl methyl sites for hydroxylation is 2. The molecule has 2 aromatic heterocycles. The van der Waals surface area contributed by atoms with Gasteiger partial charge in [-0.2, -0.15) is 10.4 Å². The van der Waals surface area contributed by atoms with Crippen molar-refractivity contribution in [3.05, 3.63) is 41.3 Å². The van der Waals surface area contributed by atoms with Gasteiger partial charge in [0.15, 0.2) is 0 Å². The van der Waals surface area contributed by atoms with Crippen LogP contribution in [0.1, 0.15) is 29.8 Å². The molecule has 21 heavy (non-hydrogen) atoms. The monoisotopic (exact) mass is 281 g/mol. The van der Waals surface area contributed by atoms with E-state index in [9.17, 15) is 0 Å². The Balaban J connectivity index is 1.78. The van der Waals surface area contributed by atoms with Gasteiger partial charge in [0.2, 0.25) is 0 Å². The predicted octanol–water partition coefficient (Wildman–Crippen LogP) is 2.44. The van der Waals surface area contributed by atoms with Crippen LogP contribution in [0.3, 0.4) is 0 Å². The van der Waals surface area contributed by atoms with Crippen LogP contribution in [0.25, 0.3) is 0 Å². The van der Waals surface area contributed by atoms with Crippen molar-refractivity contribution in [1.82, 2.24) is 14.8 Å². The molecule has 0 aromatic carbocycles. The van der Waals surface area contributed by atoms with Crippen LogP contribution in [0.5, 0.6) is 0 Å². The summed E-state index contributed by atoms with van der Waals surface area (Å²) in [5, 5.41) is 13.4. The molecule has 1 aliphatic heterocycles. The average Bonchev–Trinajstić information content (AvgIpc) is 3.06. The van der Waals surface area contributed by atoms with Gasteiger partial charge in [-0.25, -0.2) is 4.98 Å². The van der Waals surface area contributed by atoms with Crippen molar-refractivity contribution >= 4 is 5.82 Å². The number of aromatic nitrogens is 3. The first kappa shape index (κ1) is 13.6. The SMILES string of the molecule is Cc1cc(C)n(CC2CCCN2c2ccc(C#N)cn2)n1. The maximum absolute atomic E-state index is 8.86. The highest BCUT2D eigenvalue weighted by atomic mass is 15.3. The Bertz CT molecular complexity index is 665. The van der Waals surface area contributed by atoms with Crippen molar-refractivity contribution in [2.45, 2.75) is 39.3 Å². The van der Waals surface area contributed by atoms with Gasteiger partial charge < -0.3 is 4.90 Å². The number of hydrogen-bond acceptors (Lipinski definition) is 4. The molecule has 1 unspecified atom stereocenters. The smallest absolute Gasteiger partial charge is 0.128 e. The molecule has 5 heteroatoms. The third-order valence-electron chi connectivity index (χ3n) is 4.04. The van der Waals surface area contributed by atoms with Crippen molar-refractivity contribution < 1.29 is 0 Å². The molecule has 0 N–H and O–H groups in total. The van der Waals surface area contributed by atoms with E-state index in [1.165, 1.54) is 12.1 Å². The van der Waals surface area contributed by atoms with E-state index in [1.54, 1.807) is 6.20 Å². The Morgan fingerprint density at radius 1 is 1.38 bits per heavy atom. The highest BCUT2D eigenvalue weighted by Gasteiger charge is 2.26. The third-order valence-corrected chi connectivity index (χ3v) is 4.04.